The largest absolute Gasteiger partial charge is 0.310 e. The SMILES string of the molecule is CC12CCCC(C)(CC1)c1cc(-c3cc(N(c4ccccc4)c4ccccc4)c4ccccc4c3)ccc12. The molecule has 2 bridgehead atoms. The third-order valence-corrected chi connectivity index (χ3v) is 9.45. The van der Waals surface area contributed by atoms with Gasteiger partial charge in [-0.2, -0.15) is 0 Å². The second kappa shape index (κ2) is 8.88. The van der Waals surface area contributed by atoms with Crippen LogP contribution in [0.2, 0.25) is 0 Å². The van der Waals surface area contributed by atoms with Crippen LogP contribution in [0.4, 0.5) is 17.1 Å². The summed E-state index contributed by atoms with van der Waals surface area (Å²) in [4.78, 5) is 2.40. The van der Waals surface area contributed by atoms with E-state index in [-0.39, 0.29) is 0 Å². The van der Waals surface area contributed by atoms with Crippen molar-refractivity contribution < 1.29 is 0 Å². The van der Waals surface area contributed by atoms with Crippen molar-refractivity contribution in [3.8, 4) is 11.1 Å². The Kier molecular flexibility index (Phi) is 5.44. The summed E-state index contributed by atoms with van der Waals surface area (Å²) in [5.41, 5.74) is 9.98. The van der Waals surface area contributed by atoms with Gasteiger partial charge in [0.05, 0.1) is 5.69 Å². The summed E-state index contributed by atoms with van der Waals surface area (Å²) < 4.78 is 0. The number of benzene rings is 5. The maximum absolute atomic E-state index is 2.54. The van der Waals surface area contributed by atoms with Crippen molar-refractivity contribution in [1.82, 2.24) is 0 Å². The lowest BCUT2D eigenvalue weighted by atomic mass is 9.63. The Labute approximate surface area is 226 Å². The van der Waals surface area contributed by atoms with E-state index in [2.05, 4.69) is 134 Å². The van der Waals surface area contributed by atoms with Crippen molar-refractivity contribution in [3.05, 3.63) is 126 Å². The van der Waals surface area contributed by atoms with Gasteiger partial charge >= 0.3 is 0 Å². The second-order valence-corrected chi connectivity index (χ2v) is 12.0. The quantitative estimate of drug-likeness (QED) is 0.241. The minimum atomic E-state index is 0.293. The lowest BCUT2D eigenvalue weighted by Crippen LogP contribution is -2.33. The minimum absolute atomic E-state index is 0.293. The first-order valence-corrected chi connectivity index (χ1v) is 14.1. The van der Waals surface area contributed by atoms with E-state index in [1.165, 1.54) is 71.1 Å². The summed E-state index contributed by atoms with van der Waals surface area (Å²) in [6.45, 7) is 5.01. The van der Waals surface area contributed by atoms with Crippen LogP contribution in [0.3, 0.4) is 0 Å². The molecule has 38 heavy (non-hydrogen) atoms. The van der Waals surface area contributed by atoms with E-state index >= 15 is 0 Å². The summed E-state index contributed by atoms with van der Waals surface area (Å²) in [7, 11) is 0. The maximum Gasteiger partial charge on any atom is 0.0546 e. The molecule has 0 radical (unpaired) electrons. The number of anilines is 3. The summed E-state index contributed by atoms with van der Waals surface area (Å²) in [6, 6.07) is 42.5. The number of fused-ring (bicyclic) bond motifs is 4. The third kappa shape index (κ3) is 3.76. The predicted molar refractivity (Wildman–Crippen MR) is 162 cm³/mol. The van der Waals surface area contributed by atoms with Crippen LogP contribution in [0.15, 0.2) is 115 Å². The topological polar surface area (TPSA) is 3.24 Å². The Balaban J connectivity index is 1.45. The van der Waals surface area contributed by atoms with E-state index in [1.54, 1.807) is 11.1 Å². The molecule has 2 atom stereocenters. The smallest absolute Gasteiger partial charge is 0.0546 e. The molecule has 1 saturated carbocycles. The first-order chi connectivity index (χ1) is 18.5. The van der Waals surface area contributed by atoms with E-state index in [0.717, 1.165) is 0 Å². The van der Waals surface area contributed by atoms with E-state index in [4.69, 9.17) is 0 Å². The molecule has 3 aliphatic rings. The fourth-order valence-corrected chi connectivity index (χ4v) is 7.18. The Morgan fingerprint density at radius 2 is 1.13 bits per heavy atom. The first kappa shape index (κ1) is 23.3. The lowest BCUT2D eigenvalue weighted by molar-refractivity contribution is 0.332. The zero-order chi connectivity index (χ0) is 25.7. The third-order valence-electron chi connectivity index (χ3n) is 9.45. The molecule has 3 aliphatic carbocycles. The highest BCUT2D eigenvalue weighted by molar-refractivity contribution is 6.02. The van der Waals surface area contributed by atoms with Gasteiger partial charge < -0.3 is 4.90 Å². The van der Waals surface area contributed by atoms with Gasteiger partial charge in [0.1, 0.15) is 0 Å². The van der Waals surface area contributed by atoms with Gasteiger partial charge in [-0.15, -0.1) is 0 Å². The van der Waals surface area contributed by atoms with E-state index < -0.39 is 0 Å². The zero-order valence-corrected chi connectivity index (χ0v) is 22.5. The molecule has 8 rings (SSSR count). The average Bonchev–Trinajstić information content (AvgIpc) is 3.19. The van der Waals surface area contributed by atoms with Crippen LogP contribution in [0.1, 0.15) is 57.1 Å². The number of nitrogens with zero attached hydrogens (tertiary/aromatic N) is 1. The highest BCUT2D eigenvalue weighted by Gasteiger charge is 2.44. The van der Waals surface area contributed by atoms with E-state index in [9.17, 15) is 0 Å². The van der Waals surface area contributed by atoms with Crippen LogP contribution in [0, 0.1) is 0 Å². The molecule has 188 valence electrons. The first-order valence-electron chi connectivity index (χ1n) is 14.1. The molecule has 1 fully saturated rings. The van der Waals surface area contributed by atoms with Crippen LogP contribution in [-0.4, -0.2) is 0 Å². The van der Waals surface area contributed by atoms with Crippen molar-refractivity contribution in [2.75, 3.05) is 4.90 Å². The molecular weight excluding hydrogens is 458 g/mol. The zero-order valence-electron chi connectivity index (χ0n) is 22.5. The van der Waals surface area contributed by atoms with Crippen molar-refractivity contribution in [2.24, 2.45) is 0 Å². The number of hydrogen-bond donors (Lipinski definition) is 0. The van der Waals surface area contributed by atoms with Crippen molar-refractivity contribution in [3.63, 3.8) is 0 Å². The van der Waals surface area contributed by atoms with E-state index in [0.29, 0.717) is 10.8 Å². The molecule has 5 aromatic rings. The van der Waals surface area contributed by atoms with Crippen LogP contribution in [0.25, 0.3) is 21.9 Å². The van der Waals surface area contributed by atoms with Crippen LogP contribution in [-0.2, 0) is 10.8 Å². The van der Waals surface area contributed by atoms with Gasteiger partial charge in [-0.05, 0) is 101 Å². The molecule has 0 spiro atoms. The summed E-state index contributed by atoms with van der Waals surface area (Å²) >= 11 is 0. The van der Waals surface area contributed by atoms with Crippen molar-refractivity contribution in [1.29, 1.82) is 0 Å². The monoisotopic (exact) mass is 493 g/mol. The van der Waals surface area contributed by atoms with Gasteiger partial charge in [-0.3, -0.25) is 0 Å². The molecule has 0 amide bonds. The minimum Gasteiger partial charge on any atom is -0.310 e. The Hall–Kier alpha value is -3.84. The molecule has 0 aromatic heterocycles. The molecule has 0 saturated heterocycles. The average molecular weight is 494 g/mol. The van der Waals surface area contributed by atoms with Crippen LogP contribution in [0.5, 0.6) is 0 Å². The summed E-state index contributed by atoms with van der Waals surface area (Å²) in [5, 5.41) is 2.53. The Morgan fingerprint density at radius 1 is 0.526 bits per heavy atom. The molecule has 5 aromatic carbocycles. The molecule has 1 heteroatoms. The maximum atomic E-state index is 2.54. The molecular formula is C37H35N. The van der Waals surface area contributed by atoms with Gasteiger partial charge in [0, 0.05) is 16.8 Å². The van der Waals surface area contributed by atoms with Gasteiger partial charge in [-0.1, -0.05) is 99.1 Å². The Morgan fingerprint density at radius 3 is 1.82 bits per heavy atom. The number of hydrogen-bond acceptors (Lipinski definition) is 1. The van der Waals surface area contributed by atoms with Gasteiger partial charge in [0.2, 0.25) is 0 Å². The highest BCUT2D eigenvalue weighted by Crippen LogP contribution is 2.54. The molecule has 2 unspecified atom stereocenters. The number of rotatable bonds is 4. The predicted octanol–water partition coefficient (Wildman–Crippen LogP) is 10.5. The van der Waals surface area contributed by atoms with Gasteiger partial charge in [0.15, 0.2) is 0 Å². The van der Waals surface area contributed by atoms with Gasteiger partial charge in [-0.25, -0.2) is 0 Å². The van der Waals surface area contributed by atoms with Gasteiger partial charge in [0.25, 0.3) is 0 Å². The summed E-state index contributed by atoms with van der Waals surface area (Å²) in [5.74, 6) is 0. The molecule has 0 heterocycles. The standard InChI is InChI=1S/C37H35N/c1-36-20-11-21-37(2,23-22-36)34-25-27(18-19-33(34)36)29-24-28-12-9-10-17-32(28)35(26-29)38(30-13-5-3-6-14-30)31-15-7-4-8-16-31/h3-10,12-19,24-26H,11,20-23H2,1-2H3. The van der Waals surface area contributed by atoms with Crippen LogP contribution < -0.4 is 4.90 Å². The number of para-hydroxylation sites is 2. The molecule has 0 N–H and O–H groups in total. The second-order valence-electron chi connectivity index (χ2n) is 12.0. The fourth-order valence-electron chi connectivity index (χ4n) is 7.18. The normalized spacial score (nSPS) is 22.2. The van der Waals surface area contributed by atoms with E-state index in [1.807, 2.05) is 0 Å². The lowest BCUT2D eigenvalue weighted by Gasteiger charge is -2.42. The van der Waals surface area contributed by atoms with Crippen molar-refractivity contribution >= 4 is 27.8 Å². The van der Waals surface area contributed by atoms with Crippen molar-refractivity contribution in [2.45, 2.75) is 56.8 Å². The fraction of sp³-hybridized carbons (Fsp3) is 0.243. The molecule has 1 nitrogen and oxygen atoms in total. The molecule has 0 aliphatic heterocycles. The van der Waals surface area contributed by atoms with Crippen LogP contribution >= 0.6 is 0 Å². The summed E-state index contributed by atoms with van der Waals surface area (Å²) in [6.07, 6.45) is 6.58. The Bertz CT molecular complexity index is 1580. The highest BCUT2D eigenvalue weighted by atomic mass is 15.1.